The Hall–Kier alpha value is -2.31. The maximum absolute atomic E-state index is 12.7. The number of benzene rings is 1. The zero-order valence-electron chi connectivity index (χ0n) is 17.9. The largest absolute Gasteiger partial charge is 0.426 e. The number of esters is 1. The van der Waals surface area contributed by atoms with E-state index >= 15 is 0 Å². The number of hydrogen-bond acceptors (Lipinski definition) is 2. The third kappa shape index (κ3) is 5.40. The smallest absolute Gasteiger partial charge is 0.314 e. The Morgan fingerprint density at radius 2 is 1.38 bits per heavy atom. The molecule has 29 heavy (non-hydrogen) atoms. The van der Waals surface area contributed by atoms with Crippen LogP contribution in [0.15, 0.2) is 24.3 Å². The second-order valence-corrected chi connectivity index (χ2v) is 9.76. The molecule has 0 N–H and O–H groups in total. The van der Waals surface area contributed by atoms with Crippen LogP contribution in [0, 0.1) is 30.1 Å². The number of carbonyl (C=O) groups excluding carboxylic acids is 1. The van der Waals surface area contributed by atoms with Crippen LogP contribution in [0.5, 0.6) is 5.75 Å². The predicted molar refractivity (Wildman–Crippen MR) is 114 cm³/mol. The summed E-state index contributed by atoms with van der Waals surface area (Å²) in [4.78, 5) is 12.7. The first-order chi connectivity index (χ1) is 13.7. The van der Waals surface area contributed by atoms with E-state index in [2.05, 4.69) is 25.5 Å². The average Bonchev–Trinajstić information content (AvgIpc) is 2.75. The minimum absolute atomic E-state index is 0. The summed E-state index contributed by atoms with van der Waals surface area (Å²) in [5.41, 5.74) is 1.40. The van der Waals surface area contributed by atoms with Crippen LogP contribution in [-0.4, -0.2) is 5.97 Å². The van der Waals surface area contributed by atoms with Gasteiger partial charge in [-0.2, -0.15) is 12.8 Å². The minimum atomic E-state index is -0.00395. The second kappa shape index (κ2) is 9.94. The van der Waals surface area contributed by atoms with Crippen LogP contribution in [-0.2, 0) is 4.79 Å². The summed E-state index contributed by atoms with van der Waals surface area (Å²) >= 11 is 0. The summed E-state index contributed by atoms with van der Waals surface area (Å²) in [6.07, 6.45) is 17.5. The van der Waals surface area contributed by atoms with Crippen molar-refractivity contribution in [2.24, 2.45) is 23.7 Å². The molecule has 2 nitrogen and oxygen atoms in total. The first-order valence-corrected chi connectivity index (χ1v) is 11.8. The minimum Gasteiger partial charge on any atom is -0.426 e. The van der Waals surface area contributed by atoms with Crippen molar-refractivity contribution in [1.29, 1.82) is 0 Å². The average molecular weight is 629 g/mol. The molecule has 0 atom stereocenters. The van der Waals surface area contributed by atoms with E-state index in [1.165, 1.54) is 69.8 Å². The van der Waals surface area contributed by atoms with E-state index in [-0.39, 0.29) is 11.9 Å². The van der Waals surface area contributed by atoms with Gasteiger partial charge in [0.2, 0.25) is 0 Å². The fraction of sp³-hybridized carbons (Fsp3) is 0.692. The predicted octanol–water partition coefficient (Wildman–Crippen LogP) is 7.09. The molecular weight excluding hydrogens is 591 g/mol. The molecule has 4 rings (SSSR count). The standard InChI is InChI=1S/C26H37O2.Cm/c1-19-7-9-21(10-8-19)22-11-13-24(14-12-22)26(27)28-25-17-15-23(16-18-25)20-5-3-2-4-6-20;/h2,15-22,24H,3-14H2,1H3;/q-1;. The zero-order valence-corrected chi connectivity index (χ0v) is 20.9. The van der Waals surface area contributed by atoms with E-state index in [0.717, 1.165) is 36.3 Å². The maximum Gasteiger partial charge on any atom is 0.314 e. The Balaban J connectivity index is 0.00000240. The quantitative estimate of drug-likeness (QED) is 0.202. The van der Waals surface area contributed by atoms with E-state index in [1.807, 2.05) is 12.1 Å². The molecule has 0 amide bonds. The van der Waals surface area contributed by atoms with Gasteiger partial charge in [-0.05, 0) is 79.9 Å². The van der Waals surface area contributed by atoms with Gasteiger partial charge in [0.15, 0.2) is 0 Å². The second-order valence-electron chi connectivity index (χ2n) is 9.76. The van der Waals surface area contributed by atoms with Gasteiger partial charge in [0, 0.05) is 0 Å². The third-order valence-corrected chi connectivity index (χ3v) is 7.84. The van der Waals surface area contributed by atoms with Crippen molar-refractivity contribution in [3.05, 3.63) is 36.2 Å². The molecule has 0 aromatic heterocycles. The molecule has 3 aliphatic rings. The molecule has 0 saturated heterocycles. The van der Waals surface area contributed by atoms with Crippen molar-refractivity contribution in [2.45, 2.75) is 89.9 Å². The van der Waals surface area contributed by atoms with Gasteiger partial charge in [-0.1, -0.05) is 44.7 Å². The molecule has 0 heterocycles. The Morgan fingerprint density at radius 1 is 0.828 bits per heavy atom. The third-order valence-electron chi connectivity index (χ3n) is 7.84. The molecule has 3 aliphatic carbocycles. The van der Waals surface area contributed by atoms with Gasteiger partial charge in [-0.25, -0.2) is 0 Å². The van der Waals surface area contributed by atoms with Crippen molar-refractivity contribution in [3.8, 4) is 5.75 Å². The molecular formula is C26H37CmO2-. The van der Waals surface area contributed by atoms with Crippen molar-refractivity contribution in [3.63, 3.8) is 0 Å². The molecule has 3 saturated carbocycles. The van der Waals surface area contributed by atoms with Crippen LogP contribution in [0.4, 0.5) is 0 Å². The van der Waals surface area contributed by atoms with Crippen molar-refractivity contribution in [2.75, 3.05) is 0 Å². The molecule has 3 fully saturated rings. The molecule has 3 heteroatoms. The summed E-state index contributed by atoms with van der Waals surface area (Å²) in [5, 5.41) is 0. The van der Waals surface area contributed by atoms with Gasteiger partial charge in [0.05, 0.1) is 5.92 Å². The van der Waals surface area contributed by atoms with Crippen LogP contribution in [0.1, 0.15) is 95.5 Å². The maximum atomic E-state index is 12.7. The van der Waals surface area contributed by atoms with E-state index < -0.39 is 0 Å². The van der Waals surface area contributed by atoms with E-state index in [1.54, 1.807) is 0 Å². The number of hydrogen-bond donors (Lipinski definition) is 0. The van der Waals surface area contributed by atoms with Crippen LogP contribution in [0.3, 0.4) is 0 Å². The van der Waals surface area contributed by atoms with Crippen LogP contribution < -0.4 is 4.74 Å². The topological polar surface area (TPSA) is 26.3 Å². The SMILES string of the molecule is CC1CCC(C2CCC(C(=O)Oc3ccc(C4CC[CH-]CC4)cc3)CC2)CC1.[Cm]. The van der Waals surface area contributed by atoms with E-state index in [4.69, 9.17) is 4.74 Å². The molecule has 1 aromatic carbocycles. The summed E-state index contributed by atoms with van der Waals surface area (Å²) in [6.45, 7) is 2.39. The van der Waals surface area contributed by atoms with Gasteiger partial charge in [0.25, 0.3) is 0 Å². The molecule has 0 spiro atoms. The van der Waals surface area contributed by atoms with Crippen LogP contribution in [0.25, 0.3) is 0 Å². The number of ether oxygens (including phenoxy) is 1. The fourth-order valence-corrected chi connectivity index (χ4v) is 5.85. The van der Waals surface area contributed by atoms with E-state index in [9.17, 15) is 4.79 Å². The van der Waals surface area contributed by atoms with Gasteiger partial charge >= 0.3 is 5.97 Å². The summed E-state index contributed by atoms with van der Waals surface area (Å²) < 4.78 is 5.75. The summed E-state index contributed by atoms with van der Waals surface area (Å²) in [7, 11) is 0. The van der Waals surface area contributed by atoms with Crippen molar-refractivity contribution >= 4 is 5.97 Å². The zero-order chi connectivity index (χ0) is 19.3. The van der Waals surface area contributed by atoms with Crippen molar-refractivity contribution in [1.82, 2.24) is 0 Å². The van der Waals surface area contributed by atoms with Gasteiger partial charge in [0.1, 0.15) is 5.75 Å². The Bertz CT molecular complexity index is 619. The monoisotopic (exact) mass is 624 g/mol. The van der Waals surface area contributed by atoms with Gasteiger partial charge < -0.3 is 11.2 Å². The summed E-state index contributed by atoms with van der Waals surface area (Å²) in [5.74, 6) is 4.18. The van der Waals surface area contributed by atoms with Gasteiger partial charge in [-0.15, -0.1) is 0 Å². The Morgan fingerprint density at radius 3 is 1.97 bits per heavy atom. The Labute approximate surface area is 171 Å². The fourth-order valence-electron chi connectivity index (χ4n) is 5.85. The van der Waals surface area contributed by atoms with E-state index in [0.29, 0.717) is 5.92 Å². The molecule has 0 unspecified atom stereocenters. The molecule has 0 radical (unpaired) electrons. The normalized spacial score (nSPS) is 30.9. The van der Waals surface area contributed by atoms with Crippen LogP contribution in [0.2, 0.25) is 0 Å². The number of carbonyl (C=O) groups is 1. The molecule has 1 aromatic rings. The van der Waals surface area contributed by atoms with Crippen molar-refractivity contribution < 1.29 is 9.53 Å². The molecule has 0 aliphatic heterocycles. The first-order valence-electron chi connectivity index (χ1n) is 11.8. The molecule has 0 bridgehead atoms. The summed E-state index contributed by atoms with van der Waals surface area (Å²) in [6, 6.07) is 8.33. The van der Waals surface area contributed by atoms with Gasteiger partial charge in [-0.3, -0.25) is 4.79 Å². The Kier molecular flexibility index (Phi) is 7.34. The first kappa shape index (κ1) is 21.4. The van der Waals surface area contributed by atoms with Crippen LogP contribution >= 0.6 is 0 Å². The number of rotatable bonds is 4. The molecule has 162 valence electrons.